The van der Waals surface area contributed by atoms with Crippen LogP contribution in [-0.4, -0.2) is 23.2 Å². The van der Waals surface area contributed by atoms with Gasteiger partial charge in [0.15, 0.2) is 0 Å². The lowest BCUT2D eigenvalue weighted by atomic mass is 9.73. The van der Waals surface area contributed by atoms with Gasteiger partial charge in [0.05, 0.1) is 22.1 Å². The molecule has 0 amide bonds. The van der Waals surface area contributed by atoms with Crippen LogP contribution in [0, 0.1) is 11.8 Å². The Labute approximate surface area is 428 Å². The zero-order valence-electron chi connectivity index (χ0n) is 44.5. The molecule has 72 heavy (non-hydrogen) atoms. The Balaban J connectivity index is 0.976. The van der Waals surface area contributed by atoms with Gasteiger partial charge in [-0.2, -0.15) is 0 Å². The molecule has 0 bridgehead atoms. The Morgan fingerprint density at radius 3 is 1.29 bits per heavy atom. The second kappa shape index (κ2) is 19.4. The molecule has 0 aliphatic heterocycles. The average Bonchev–Trinajstić information content (AvgIpc) is 3.89. The Morgan fingerprint density at radius 1 is 0.472 bits per heavy atom. The predicted octanol–water partition coefficient (Wildman–Crippen LogP) is 18.4. The third-order valence-corrected chi connectivity index (χ3v) is 15.8. The van der Waals surface area contributed by atoms with E-state index in [0.29, 0.717) is 11.8 Å². The molecule has 2 aromatic heterocycles. The van der Waals surface area contributed by atoms with Gasteiger partial charge in [-0.25, -0.2) is 0 Å². The van der Waals surface area contributed by atoms with E-state index in [9.17, 15) is 0 Å². The lowest BCUT2D eigenvalue weighted by molar-refractivity contribution is 0.528. The van der Waals surface area contributed by atoms with Gasteiger partial charge in [-0.1, -0.05) is 128 Å². The Bertz CT molecular complexity index is 3570. The number of fused-ring (bicyclic) bond motifs is 6. The molecule has 0 N–H and O–H groups in total. The van der Waals surface area contributed by atoms with Crippen molar-refractivity contribution in [1.29, 1.82) is 0 Å². The average molecular weight is 945 g/mol. The summed E-state index contributed by atoms with van der Waals surface area (Å²) >= 11 is 0. The maximum Gasteiger partial charge on any atom is 0.0541 e. The largest absolute Gasteiger partial charge is 0.345 e. The van der Waals surface area contributed by atoms with Crippen LogP contribution in [0.5, 0.6) is 0 Å². The summed E-state index contributed by atoms with van der Waals surface area (Å²) in [5, 5.41) is 5.26. The van der Waals surface area contributed by atoms with Crippen LogP contribution in [0.15, 0.2) is 194 Å². The molecule has 2 unspecified atom stereocenters. The van der Waals surface area contributed by atoms with E-state index in [2.05, 4.69) is 283 Å². The van der Waals surface area contributed by atoms with E-state index in [4.69, 9.17) is 0 Å². The second-order valence-electron chi connectivity index (χ2n) is 22.2. The van der Waals surface area contributed by atoms with Crippen molar-refractivity contribution in [3.05, 3.63) is 216 Å². The van der Waals surface area contributed by atoms with Crippen LogP contribution in [0.25, 0.3) is 55.0 Å². The summed E-state index contributed by atoms with van der Waals surface area (Å²) in [5.41, 5.74) is 18.8. The van der Waals surface area contributed by atoms with Gasteiger partial charge in [0, 0.05) is 75.2 Å². The summed E-state index contributed by atoms with van der Waals surface area (Å²) in [6.07, 6.45) is 5.59. The fraction of sp³-hybridized carbons (Fsp3) is 0.265. The van der Waals surface area contributed by atoms with Gasteiger partial charge in [-0.05, 0) is 187 Å². The molecule has 364 valence electrons. The van der Waals surface area contributed by atoms with E-state index in [1.807, 2.05) is 0 Å². The van der Waals surface area contributed by atoms with E-state index in [0.717, 1.165) is 30.6 Å². The van der Waals surface area contributed by atoms with Crippen molar-refractivity contribution in [3.8, 4) is 11.4 Å². The molecule has 0 saturated heterocycles. The van der Waals surface area contributed by atoms with Gasteiger partial charge in [-0.3, -0.25) is 0 Å². The number of allylic oxidation sites excluding steroid dienone is 2. The first-order valence-corrected chi connectivity index (χ1v) is 26.2. The highest BCUT2D eigenvalue weighted by molar-refractivity contribution is 6.11. The van der Waals surface area contributed by atoms with Gasteiger partial charge >= 0.3 is 0 Å². The molecule has 0 fully saturated rings. The van der Waals surface area contributed by atoms with Gasteiger partial charge in [0.1, 0.15) is 0 Å². The molecule has 0 spiro atoms. The first-order valence-electron chi connectivity index (χ1n) is 26.2. The molecule has 8 aromatic carbocycles. The molecular formula is C68H72N4. The topological polar surface area (TPSA) is 16.3 Å². The van der Waals surface area contributed by atoms with Crippen LogP contribution < -0.4 is 9.80 Å². The lowest BCUT2D eigenvalue weighted by Gasteiger charge is -2.31. The van der Waals surface area contributed by atoms with E-state index in [-0.39, 0.29) is 10.8 Å². The number of aromatic nitrogens is 2. The first-order chi connectivity index (χ1) is 34.6. The molecule has 4 nitrogen and oxygen atoms in total. The fourth-order valence-electron chi connectivity index (χ4n) is 11.2. The number of rotatable bonds is 14. The molecule has 0 saturated carbocycles. The van der Waals surface area contributed by atoms with Gasteiger partial charge in [0.2, 0.25) is 0 Å². The monoisotopic (exact) mass is 945 g/mol. The Kier molecular flexibility index (Phi) is 13.0. The van der Waals surface area contributed by atoms with E-state index < -0.39 is 0 Å². The molecule has 10 aromatic rings. The molecule has 4 heteroatoms. The summed E-state index contributed by atoms with van der Waals surface area (Å²) in [7, 11) is 4.27. The van der Waals surface area contributed by atoms with Crippen LogP contribution in [0.3, 0.4) is 0 Å². The number of anilines is 4. The van der Waals surface area contributed by atoms with Gasteiger partial charge in [0.25, 0.3) is 0 Å². The maximum absolute atomic E-state index is 2.56. The summed E-state index contributed by atoms with van der Waals surface area (Å²) in [4.78, 5) is 4.49. The maximum atomic E-state index is 2.56. The molecule has 2 heterocycles. The van der Waals surface area contributed by atoms with E-state index in [1.54, 1.807) is 0 Å². The summed E-state index contributed by atoms with van der Waals surface area (Å²) < 4.78 is 4.92. The Hall–Kier alpha value is -7.30. The highest BCUT2D eigenvalue weighted by Crippen LogP contribution is 2.42. The normalized spacial score (nSPS) is 13.6. The third kappa shape index (κ3) is 9.13. The number of para-hydroxylation sites is 2. The Morgan fingerprint density at radius 2 is 0.861 bits per heavy atom. The molecule has 2 atom stereocenters. The smallest absolute Gasteiger partial charge is 0.0541 e. The van der Waals surface area contributed by atoms with Crippen molar-refractivity contribution < 1.29 is 0 Å². The number of hydrogen-bond donors (Lipinski definition) is 0. The minimum atomic E-state index is -0.141. The zero-order chi connectivity index (χ0) is 50.5. The van der Waals surface area contributed by atoms with Crippen molar-refractivity contribution in [2.45, 2.75) is 92.4 Å². The van der Waals surface area contributed by atoms with Crippen molar-refractivity contribution in [3.63, 3.8) is 0 Å². The van der Waals surface area contributed by atoms with Gasteiger partial charge in [-0.15, -0.1) is 0 Å². The van der Waals surface area contributed by atoms with E-state index >= 15 is 0 Å². The van der Waals surface area contributed by atoms with Crippen molar-refractivity contribution in [2.75, 3.05) is 23.9 Å². The van der Waals surface area contributed by atoms with Crippen molar-refractivity contribution in [2.24, 2.45) is 11.8 Å². The highest BCUT2D eigenvalue weighted by atomic mass is 15.1. The molecule has 0 aliphatic carbocycles. The summed E-state index contributed by atoms with van der Waals surface area (Å²) in [6, 6.07) is 68.0. The molecule has 10 rings (SSSR count). The van der Waals surface area contributed by atoms with Crippen LogP contribution in [0.1, 0.15) is 91.0 Å². The van der Waals surface area contributed by atoms with Crippen LogP contribution in [0.2, 0.25) is 0 Å². The highest BCUT2D eigenvalue weighted by Gasteiger charge is 2.29. The number of hydrogen-bond acceptors (Lipinski definition) is 2. The molecular weight excluding hydrogens is 873 g/mol. The van der Waals surface area contributed by atoms with Crippen LogP contribution in [0.4, 0.5) is 22.7 Å². The van der Waals surface area contributed by atoms with Crippen LogP contribution >= 0.6 is 0 Å². The van der Waals surface area contributed by atoms with Crippen molar-refractivity contribution >= 4 is 66.4 Å². The predicted molar refractivity (Wildman–Crippen MR) is 312 cm³/mol. The minimum absolute atomic E-state index is 0.0301. The first kappa shape index (κ1) is 48.3. The third-order valence-electron chi connectivity index (χ3n) is 15.8. The number of nitrogens with zero attached hydrogens (tertiary/aromatic N) is 4. The second-order valence-corrected chi connectivity index (χ2v) is 22.2. The standard InChI is InChI=1S/C68H72N4/c1-12-68(9,52-26-38-66-62(45-52)61-44-51(67(6,7)8)25-37-65(61)72(66)58-33-29-56(30-34-58)70(11)54-21-17-14-18-22-54)48(5)40-47(4)41-50-24-36-64-60(43-50)59-42-49(39-46(2)3)23-35-63(59)71(64)57-31-27-55(28-32-57)69(10)53-19-15-13-16-20-53/h13-38,40,42-47H,12,39,41H2,1-11H3/b48-40-. The zero-order valence-corrected chi connectivity index (χ0v) is 44.5. The summed E-state index contributed by atoms with van der Waals surface area (Å²) in [6.45, 7) is 21.1. The molecule has 0 aliphatic rings. The minimum Gasteiger partial charge on any atom is -0.345 e. The SMILES string of the molecule is CCC(C)(/C(C)=C\C(C)Cc1ccc2c(c1)c1cc(CC(C)C)ccc1n2-c1ccc(N(C)c2ccccc2)cc1)c1ccc2c(c1)c1cc(C(C)(C)C)ccc1n2-c1ccc(N(C)c2ccccc2)cc1. The van der Waals surface area contributed by atoms with Crippen LogP contribution in [-0.2, 0) is 23.7 Å². The number of benzene rings is 8. The fourth-order valence-corrected chi connectivity index (χ4v) is 11.2. The van der Waals surface area contributed by atoms with Gasteiger partial charge < -0.3 is 18.9 Å². The molecule has 0 radical (unpaired) electrons. The lowest BCUT2D eigenvalue weighted by Crippen LogP contribution is -2.23. The van der Waals surface area contributed by atoms with E-state index in [1.165, 1.54) is 94.2 Å². The summed E-state index contributed by atoms with van der Waals surface area (Å²) in [5.74, 6) is 0.932. The van der Waals surface area contributed by atoms with Crippen molar-refractivity contribution in [1.82, 2.24) is 9.13 Å². The quantitative estimate of drug-likeness (QED) is 0.101.